The maximum atomic E-state index is 12.2. The highest BCUT2D eigenvalue weighted by molar-refractivity contribution is 6.33. The number of aliphatic hydroxyl groups excluding tert-OH is 1. The molecule has 0 aliphatic carbocycles. The molecule has 0 radical (unpaired) electrons. The summed E-state index contributed by atoms with van der Waals surface area (Å²) >= 11 is 6.24. The van der Waals surface area contributed by atoms with Crippen LogP contribution in [0.25, 0.3) is 0 Å². The van der Waals surface area contributed by atoms with Crippen LogP contribution in [0.4, 0.5) is 10.5 Å². The molecule has 1 aromatic rings. The lowest BCUT2D eigenvalue weighted by Crippen LogP contribution is -2.49. The van der Waals surface area contributed by atoms with Crippen molar-refractivity contribution in [2.75, 3.05) is 25.0 Å². The first kappa shape index (κ1) is 17.4. The summed E-state index contributed by atoms with van der Waals surface area (Å²) in [5.74, 6) is 0.324. The van der Waals surface area contributed by atoms with Crippen molar-refractivity contribution < 1.29 is 14.6 Å². The molecule has 2 heterocycles. The highest BCUT2D eigenvalue weighted by atomic mass is 35.5. The molecule has 3 unspecified atom stereocenters. The van der Waals surface area contributed by atoms with Crippen molar-refractivity contribution in [3.05, 3.63) is 28.8 Å². The molecule has 0 bridgehead atoms. The number of nitrogens with one attached hydrogen (secondary N) is 1. The fourth-order valence-corrected chi connectivity index (χ4v) is 3.90. The molecule has 3 rings (SSSR count). The van der Waals surface area contributed by atoms with E-state index in [-0.39, 0.29) is 17.9 Å². The highest BCUT2D eigenvalue weighted by Gasteiger charge is 2.39. The van der Waals surface area contributed by atoms with Crippen LogP contribution in [0.15, 0.2) is 18.2 Å². The van der Waals surface area contributed by atoms with Crippen molar-refractivity contribution in [3.63, 3.8) is 0 Å². The van der Waals surface area contributed by atoms with Gasteiger partial charge in [0.05, 0.1) is 23.4 Å². The lowest BCUT2D eigenvalue weighted by Gasteiger charge is -2.39. The number of amides is 1. The molecule has 2 N–H and O–H groups in total. The van der Waals surface area contributed by atoms with E-state index in [2.05, 4.69) is 11.4 Å². The van der Waals surface area contributed by atoms with Crippen molar-refractivity contribution in [3.8, 4) is 0 Å². The van der Waals surface area contributed by atoms with E-state index in [1.807, 2.05) is 32.9 Å². The van der Waals surface area contributed by atoms with E-state index in [0.29, 0.717) is 13.1 Å². The Kier molecular flexibility index (Phi) is 4.67. The number of halogens is 1. The van der Waals surface area contributed by atoms with Crippen molar-refractivity contribution in [1.29, 1.82) is 0 Å². The van der Waals surface area contributed by atoms with Crippen LogP contribution in [-0.2, 0) is 4.74 Å². The summed E-state index contributed by atoms with van der Waals surface area (Å²) in [6, 6.07) is 5.89. The second kappa shape index (κ2) is 6.45. The van der Waals surface area contributed by atoms with Crippen LogP contribution in [-0.4, -0.2) is 47.4 Å². The number of hydrogen-bond acceptors (Lipinski definition) is 4. The van der Waals surface area contributed by atoms with E-state index in [1.54, 1.807) is 4.90 Å². The lowest BCUT2D eigenvalue weighted by molar-refractivity contribution is -0.0166. The molecular weight excluding hydrogens is 328 g/mol. The number of hydrogen-bond donors (Lipinski definition) is 2. The quantitative estimate of drug-likeness (QED) is 0.812. The van der Waals surface area contributed by atoms with Gasteiger partial charge in [0.1, 0.15) is 5.60 Å². The second-order valence-electron chi connectivity index (χ2n) is 7.64. The van der Waals surface area contributed by atoms with Crippen molar-refractivity contribution in [1.82, 2.24) is 4.90 Å². The molecule has 0 saturated carbocycles. The van der Waals surface area contributed by atoms with Crippen molar-refractivity contribution >= 4 is 23.4 Å². The van der Waals surface area contributed by atoms with Gasteiger partial charge in [0.15, 0.2) is 0 Å². The Morgan fingerprint density at radius 2 is 2.17 bits per heavy atom. The van der Waals surface area contributed by atoms with Gasteiger partial charge in [0.2, 0.25) is 0 Å². The summed E-state index contributed by atoms with van der Waals surface area (Å²) in [6.45, 7) is 7.22. The molecule has 1 aromatic carbocycles. The zero-order valence-corrected chi connectivity index (χ0v) is 15.1. The van der Waals surface area contributed by atoms with Crippen molar-refractivity contribution in [2.24, 2.45) is 5.92 Å². The molecule has 132 valence electrons. The Balaban J connectivity index is 1.68. The first-order valence-electron chi connectivity index (χ1n) is 8.44. The van der Waals surface area contributed by atoms with Crippen LogP contribution in [0, 0.1) is 5.92 Å². The van der Waals surface area contributed by atoms with Gasteiger partial charge in [-0.25, -0.2) is 4.79 Å². The smallest absolute Gasteiger partial charge is 0.410 e. The maximum absolute atomic E-state index is 12.2. The Morgan fingerprint density at radius 3 is 2.83 bits per heavy atom. The van der Waals surface area contributed by atoms with Crippen LogP contribution in [0.3, 0.4) is 0 Å². The summed E-state index contributed by atoms with van der Waals surface area (Å²) in [6.07, 6.45) is -0.172. The van der Waals surface area contributed by atoms with Gasteiger partial charge in [-0.3, -0.25) is 0 Å². The minimum absolute atomic E-state index is 0.107. The largest absolute Gasteiger partial charge is 0.444 e. The van der Waals surface area contributed by atoms with Gasteiger partial charge in [-0.2, -0.15) is 0 Å². The number of para-hydroxylation sites is 1. The van der Waals surface area contributed by atoms with Crippen LogP contribution in [0.2, 0.25) is 5.02 Å². The monoisotopic (exact) mass is 352 g/mol. The van der Waals surface area contributed by atoms with Gasteiger partial charge < -0.3 is 20.1 Å². The molecule has 1 fully saturated rings. The molecule has 0 spiro atoms. The molecule has 2 aliphatic heterocycles. The van der Waals surface area contributed by atoms with E-state index >= 15 is 0 Å². The van der Waals surface area contributed by atoms with E-state index in [1.165, 1.54) is 0 Å². The number of fused-ring (bicyclic) bond motifs is 1. The maximum Gasteiger partial charge on any atom is 0.410 e. The van der Waals surface area contributed by atoms with Gasteiger partial charge in [0, 0.05) is 19.0 Å². The molecule has 0 aromatic heterocycles. The van der Waals surface area contributed by atoms with Gasteiger partial charge in [-0.05, 0) is 44.7 Å². The molecule has 1 amide bonds. The van der Waals surface area contributed by atoms with Crippen molar-refractivity contribution in [2.45, 2.75) is 44.8 Å². The van der Waals surface area contributed by atoms with Crippen LogP contribution < -0.4 is 5.32 Å². The van der Waals surface area contributed by atoms with Gasteiger partial charge in [-0.15, -0.1) is 0 Å². The number of piperidine rings is 1. The Morgan fingerprint density at radius 1 is 1.42 bits per heavy atom. The SMILES string of the molecule is CC(C)(C)OC(=O)N1CCC(C2CNc3c(Cl)cccc32)C(O)C1. The number of β-amino-alcohol motifs (C(OH)–C–C–N with tert-alkyl or cyclic N) is 1. The van der Waals surface area contributed by atoms with E-state index < -0.39 is 11.7 Å². The normalized spacial score (nSPS) is 26.7. The number of carbonyl (C=O) groups is 1. The van der Waals surface area contributed by atoms with Gasteiger partial charge in [0.25, 0.3) is 0 Å². The van der Waals surface area contributed by atoms with Gasteiger partial charge >= 0.3 is 6.09 Å². The fourth-order valence-electron chi connectivity index (χ4n) is 3.65. The minimum atomic E-state index is -0.567. The number of carbonyl (C=O) groups excluding carboxylic acids is 1. The first-order chi connectivity index (χ1) is 11.3. The topological polar surface area (TPSA) is 61.8 Å². The number of rotatable bonds is 1. The fraction of sp³-hybridized carbons (Fsp3) is 0.611. The van der Waals surface area contributed by atoms with E-state index in [0.717, 1.165) is 29.2 Å². The average molecular weight is 353 g/mol. The zero-order valence-electron chi connectivity index (χ0n) is 14.4. The number of nitrogens with zero attached hydrogens (tertiary/aromatic N) is 1. The molecule has 5 nitrogen and oxygen atoms in total. The predicted molar refractivity (Wildman–Crippen MR) is 94.6 cm³/mol. The highest BCUT2D eigenvalue weighted by Crippen LogP contribution is 2.43. The summed E-state index contributed by atoms with van der Waals surface area (Å²) in [5, 5.41) is 14.7. The van der Waals surface area contributed by atoms with Gasteiger partial charge in [-0.1, -0.05) is 23.7 Å². The minimum Gasteiger partial charge on any atom is -0.444 e. The summed E-state index contributed by atoms with van der Waals surface area (Å²) in [7, 11) is 0. The zero-order chi connectivity index (χ0) is 17.5. The third-order valence-corrected chi connectivity index (χ3v) is 5.06. The van der Waals surface area contributed by atoms with E-state index in [9.17, 15) is 9.90 Å². The first-order valence-corrected chi connectivity index (χ1v) is 8.82. The average Bonchev–Trinajstić information content (AvgIpc) is 2.90. The third kappa shape index (κ3) is 3.47. The summed E-state index contributed by atoms with van der Waals surface area (Å²) in [5.41, 5.74) is 1.62. The molecule has 24 heavy (non-hydrogen) atoms. The lowest BCUT2D eigenvalue weighted by atomic mass is 9.79. The molecular formula is C18H25ClN2O3. The number of likely N-dealkylation sites (tertiary alicyclic amines) is 1. The Labute approximate surface area is 147 Å². The molecule has 1 saturated heterocycles. The van der Waals surface area contributed by atoms with Crippen LogP contribution in [0.1, 0.15) is 38.7 Å². The predicted octanol–water partition coefficient (Wildman–Crippen LogP) is 3.47. The molecule has 6 heteroatoms. The third-order valence-electron chi connectivity index (χ3n) is 4.75. The molecule has 2 aliphatic rings. The molecule has 3 atom stereocenters. The Bertz CT molecular complexity index is 629. The number of anilines is 1. The standard InChI is InChI=1S/C18H25ClN2O3/c1-18(2,3)24-17(23)21-8-7-11(15(22)10-21)13-9-20-16-12(13)5-4-6-14(16)19/h4-6,11,13,15,20,22H,7-10H2,1-3H3. The number of aliphatic hydroxyl groups is 1. The summed E-state index contributed by atoms with van der Waals surface area (Å²) in [4.78, 5) is 13.8. The number of benzene rings is 1. The number of ether oxygens (including phenoxy) is 1. The second-order valence-corrected chi connectivity index (χ2v) is 8.04. The van der Waals surface area contributed by atoms with Crippen LogP contribution in [0.5, 0.6) is 0 Å². The summed E-state index contributed by atoms with van der Waals surface area (Å²) < 4.78 is 5.40. The van der Waals surface area contributed by atoms with Crippen LogP contribution >= 0.6 is 11.6 Å². The Hall–Kier alpha value is -1.46. The van der Waals surface area contributed by atoms with E-state index in [4.69, 9.17) is 16.3 Å².